The number of aryl methyl sites for hydroxylation is 1. The number of hydrogen-bond acceptors (Lipinski definition) is 6. The molecule has 0 amide bonds. The largest absolute Gasteiger partial charge is 0.395 e. The van der Waals surface area contributed by atoms with Crippen LogP contribution in [0.4, 0.5) is 11.6 Å². The van der Waals surface area contributed by atoms with E-state index in [0.29, 0.717) is 19.7 Å². The molecule has 0 aliphatic rings. The van der Waals surface area contributed by atoms with Gasteiger partial charge in [0.2, 0.25) is 0 Å². The van der Waals surface area contributed by atoms with E-state index in [4.69, 9.17) is 9.84 Å². The molecule has 0 unspecified atom stereocenters. The lowest BCUT2D eigenvalue weighted by atomic mass is 10.3. The second-order valence-corrected chi connectivity index (χ2v) is 4.11. The maximum Gasteiger partial charge on any atom is 0.134 e. The summed E-state index contributed by atoms with van der Waals surface area (Å²) < 4.78 is 5.09. The van der Waals surface area contributed by atoms with Crippen LogP contribution in [0.1, 0.15) is 19.7 Å². The van der Waals surface area contributed by atoms with E-state index >= 15 is 0 Å². The van der Waals surface area contributed by atoms with Crippen LogP contribution in [0.3, 0.4) is 0 Å². The molecule has 0 saturated heterocycles. The van der Waals surface area contributed by atoms with E-state index in [2.05, 4.69) is 15.3 Å². The van der Waals surface area contributed by atoms with Gasteiger partial charge in [-0.2, -0.15) is 0 Å². The number of anilines is 2. The number of aromatic nitrogens is 2. The van der Waals surface area contributed by atoms with Crippen LogP contribution in [0.5, 0.6) is 0 Å². The minimum absolute atomic E-state index is 0.0890. The van der Waals surface area contributed by atoms with Crippen molar-refractivity contribution in [1.82, 2.24) is 9.97 Å². The molecule has 0 aliphatic heterocycles. The maximum atomic E-state index is 9.15. The Hall–Kier alpha value is -1.40. The normalized spacial score (nSPS) is 10.5. The van der Waals surface area contributed by atoms with E-state index in [-0.39, 0.29) is 6.61 Å². The van der Waals surface area contributed by atoms with Crippen LogP contribution in [0.2, 0.25) is 0 Å². The average Bonchev–Trinajstić information content (AvgIpc) is 2.43. The summed E-state index contributed by atoms with van der Waals surface area (Å²) >= 11 is 0. The van der Waals surface area contributed by atoms with Gasteiger partial charge in [0.05, 0.1) is 13.2 Å². The second-order valence-electron chi connectivity index (χ2n) is 4.11. The van der Waals surface area contributed by atoms with Crippen molar-refractivity contribution in [2.45, 2.75) is 20.3 Å². The van der Waals surface area contributed by atoms with Crippen molar-refractivity contribution >= 4 is 11.6 Å². The summed E-state index contributed by atoms with van der Waals surface area (Å²) in [4.78, 5) is 10.9. The number of methoxy groups -OCH3 is 1. The lowest BCUT2D eigenvalue weighted by molar-refractivity contribution is 0.202. The SMILES string of the molecule is CCNc1cc(N(CCO)CCOC)nc(CC)n1. The first-order valence-corrected chi connectivity index (χ1v) is 6.71. The molecule has 1 rings (SSSR count). The van der Waals surface area contributed by atoms with Gasteiger partial charge in [0.1, 0.15) is 17.5 Å². The fourth-order valence-electron chi connectivity index (χ4n) is 1.74. The van der Waals surface area contributed by atoms with Crippen LogP contribution in [-0.2, 0) is 11.2 Å². The first-order chi connectivity index (χ1) is 9.24. The van der Waals surface area contributed by atoms with Gasteiger partial charge in [0, 0.05) is 39.2 Å². The summed E-state index contributed by atoms with van der Waals surface area (Å²) in [5.41, 5.74) is 0. The lowest BCUT2D eigenvalue weighted by Gasteiger charge is -2.23. The lowest BCUT2D eigenvalue weighted by Crippen LogP contribution is -2.31. The number of rotatable bonds is 9. The van der Waals surface area contributed by atoms with Crippen molar-refractivity contribution in [2.24, 2.45) is 0 Å². The number of nitrogens with zero attached hydrogens (tertiary/aromatic N) is 3. The molecule has 0 bridgehead atoms. The Morgan fingerprint density at radius 3 is 2.68 bits per heavy atom. The van der Waals surface area contributed by atoms with Gasteiger partial charge in [-0.3, -0.25) is 0 Å². The zero-order valence-electron chi connectivity index (χ0n) is 12.0. The Balaban J connectivity index is 2.95. The molecule has 6 heteroatoms. The number of aliphatic hydroxyl groups excluding tert-OH is 1. The van der Waals surface area contributed by atoms with E-state index < -0.39 is 0 Å². The van der Waals surface area contributed by atoms with Crippen molar-refractivity contribution in [3.63, 3.8) is 0 Å². The van der Waals surface area contributed by atoms with Gasteiger partial charge in [-0.1, -0.05) is 6.92 Å². The van der Waals surface area contributed by atoms with Crippen LogP contribution in [0.15, 0.2) is 6.07 Å². The molecule has 1 aromatic heterocycles. The molecule has 0 atom stereocenters. The fourth-order valence-corrected chi connectivity index (χ4v) is 1.74. The quantitative estimate of drug-likeness (QED) is 0.694. The Morgan fingerprint density at radius 1 is 1.32 bits per heavy atom. The number of hydrogen-bond donors (Lipinski definition) is 2. The van der Waals surface area contributed by atoms with Crippen LogP contribution >= 0.6 is 0 Å². The number of nitrogens with one attached hydrogen (secondary N) is 1. The molecule has 19 heavy (non-hydrogen) atoms. The van der Waals surface area contributed by atoms with Crippen molar-refractivity contribution in [2.75, 3.05) is 50.2 Å². The Bertz CT molecular complexity index is 374. The minimum atomic E-state index is 0.0890. The number of aliphatic hydroxyl groups is 1. The zero-order chi connectivity index (χ0) is 14.1. The van der Waals surface area contributed by atoms with Gasteiger partial charge in [0.15, 0.2) is 0 Å². The summed E-state index contributed by atoms with van der Waals surface area (Å²) in [6.45, 7) is 6.80. The predicted octanol–water partition coefficient (Wildman–Crippen LogP) is 0.916. The summed E-state index contributed by atoms with van der Waals surface area (Å²) in [6, 6.07) is 1.91. The van der Waals surface area contributed by atoms with Crippen molar-refractivity contribution in [3.8, 4) is 0 Å². The highest BCUT2D eigenvalue weighted by Gasteiger charge is 2.10. The molecule has 1 heterocycles. The molecule has 2 N–H and O–H groups in total. The molecule has 0 spiro atoms. The molecule has 0 aromatic carbocycles. The minimum Gasteiger partial charge on any atom is -0.395 e. The highest BCUT2D eigenvalue weighted by Crippen LogP contribution is 2.16. The van der Waals surface area contributed by atoms with E-state index in [0.717, 1.165) is 30.4 Å². The van der Waals surface area contributed by atoms with Crippen molar-refractivity contribution in [1.29, 1.82) is 0 Å². The van der Waals surface area contributed by atoms with Gasteiger partial charge < -0.3 is 20.1 Å². The smallest absolute Gasteiger partial charge is 0.134 e. The summed E-state index contributed by atoms with van der Waals surface area (Å²) in [5, 5.41) is 12.4. The summed E-state index contributed by atoms with van der Waals surface area (Å²) in [5.74, 6) is 2.45. The third-order valence-corrected chi connectivity index (χ3v) is 2.69. The Kier molecular flexibility index (Phi) is 7.14. The average molecular weight is 268 g/mol. The monoisotopic (exact) mass is 268 g/mol. The van der Waals surface area contributed by atoms with Gasteiger partial charge >= 0.3 is 0 Å². The first kappa shape index (κ1) is 15.7. The Morgan fingerprint density at radius 2 is 2.11 bits per heavy atom. The fraction of sp³-hybridized carbons (Fsp3) is 0.692. The highest BCUT2D eigenvalue weighted by molar-refractivity contribution is 5.49. The Labute approximate surface area is 114 Å². The van der Waals surface area contributed by atoms with E-state index in [1.165, 1.54) is 0 Å². The standard InChI is InChI=1S/C13H24N4O2/c1-4-11-15-12(14-5-2)10-13(16-11)17(6-8-18)7-9-19-3/h10,18H,4-9H2,1-3H3,(H,14,15,16). The van der Waals surface area contributed by atoms with Gasteiger partial charge in [0.25, 0.3) is 0 Å². The van der Waals surface area contributed by atoms with Crippen molar-refractivity contribution < 1.29 is 9.84 Å². The van der Waals surface area contributed by atoms with E-state index in [1.54, 1.807) is 7.11 Å². The molecule has 0 radical (unpaired) electrons. The molecule has 0 saturated carbocycles. The van der Waals surface area contributed by atoms with Gasteiger partial charge in [-0.25, -0.2) is 9.97 Å². The summed E-state index contributed by atoms with van der Waals surface area (Å²) in [6.07, 6.45) is 0.781. The van der Waals surface area contributed by atoms with E-state index in [9.17, 15) is 0 Å². The predicted molar refractivity (Wildman–Crippen MR) is 76.7 cm³/mol. The number of ether oxygens (including phenoxy) is 1. The van der Waals surface area contributed by atoms with Crippen LogP contribution < -0.4 is 10.2 Å². The van der Waals surface area contributed by atoms with Crippen LogP contribution in [0, 0.1) is 0 Å². The van der Waals surface area contributed by atoms with Crippen LogP contribution in [-0.4, -0.2) is 55.0 Å². The molecular weight excluding hydrogens is 244 g/mol. The highest BCUT2D eigenvalue weighted by atomic mass is 16.5. The third kappa shape index (κ3) is 5.00. The molecular formula is C13H24N4O2. The molecule has 108 valence electrons. The first-order valence-electron chi connectivity index (χ1n) is 6.71. The summed E-state index contributed by atoms with van der Waals surface area (Å²) in [7, 11) is 1.67. The molecule has 1 aromatic rings. The van der Waals surface area contributed by atoms with E-state index in [1.807, 2.05) is 24.8 Å². The maximum absolute atomic E-state index is 9.15. The molecule has 6 nitrogen and oxygen atoms in total. The second kappa shape index (κ2) is 8.66. The topological polar surface area (TPSA) is 70.5 Å². The molecule has 0 aliphatic carbocycles. The van der Waals surface area contributed by atoms with Crippen LogP contribution in [0.25, 0.3) is 0 Å². The van der Waals surface area contributed by atoms with Gasteiger partial charge in [-0.05, 0) is 6.92 Å². The zero-order valence-corrected chi connectivity index (χ0v) is 12.0. The van der Waals surface area contributed by atoms with Crippen molar-refractivity contribution in [3.05, 3.63) is 11.9 Å². The third-order valence-electron chi connectivity index (χ3n) is 2.69. The molecule has 0 fully saturated rings. The van der Waals surface area contributed by atoms with Gasteiger partial charge in [-0.15, -0.1) is 0 Å².